The van der Waals surface area contributed by atoms with Crippen LogP contribution < -0.4 is 0 Å². The predicted molar refractivity (Wildman–Crippen MR) is 87.2 cm³/mol. The van der Waals surface area contributed by atoms with Crippen LogP contribution in [0.1, 0.15) is 34.9 Å². The lowest BCUT2D eigenvalue weighted by Gasteiger charge is -2.29. The van der Waals surface area contributed by atoms with Crippen LogP contribution in [0.2, 0.25) is 0 Å². The molecule has 1 N–H and O–H groups in total. The molecule has 3 rings (SSSR count). The first-order valence-electron chi connectivity index (χ1n) is 7.85. The van der Waals surface area contributed by atoms with E-state index in [-0.39, 0.29) is 6.42 Å². The minimum Gasteiger partial charge on any atom is -0.481 e. The van der Waals surface area contributed by atoms with Crippen LogP contribution in [0.15, 0.2) is 12.1 Å². The van der Waals surface area contributed by atoms with Crippen molar-refractivity contribution in [1.29, 1.82) is 0 Å². The van der Waals surface area contributed by atoms with Crippen LogP contribution in [-0.2, 0) is 24.2 Å². The van der Waals surface area contributed by atoms with E-state index in [1.807, 2.05) is 0 Å². The number of rotatable bonds is 3. The van der Waals surface area contributed by atoms with Crippen LogP contribution in [0.4, 0.5) is 0 Å². The summed E-state index contributed by atoms with van der Waals surface area (Å²) in [6.45, 7) is 9.08. The Morgan fingerprint density at radius 2 is 2.05 bits per heavy atom. The SMILES string of the molecule is CCN1CCc2nc3cc(C)c(C)cc3c(CC(=O)O)c2C1. The van der Waals surface area contributed by atoms with Crippen LogP contribution in [0, 0.1) is 13.8 Å². The van der Waals surface area contributed by atoms with E-state index in [9.17, 15) is 9.90 Å². The summed E-state index contributed by atoms with van der Waals surface area (Å²) in [7, 11) is 0. The van der Waals surface area contributed by atoms with E-state index in [1.54, 1.807) is 0 Å². The summed E-state index contributed by atoms with van der Waals surface area (Å²) in [5.74, 6) is -0.776. The predicted octanol–water partition coefficient (Wildman–Crippen LogP) is 2.86. The highest BCUT2D eigenvalue weighted by atomic mass is 16.4. The summed E-state index contributed by atoms with van der Waals surface area (Å²) >= 11 is 0. The average Bonchev–Trinajstić information content (AvgIpc) is 2.48. The van der Waals surface area contributed by atoms with Crippen LogP contribution in [-0.4, -0.2) is 34.0 Å². The number of aliphatic carboxylic acids is 1. The number of likely N-dealkylation sites (N-methyl/N-ethyl adjacent to an activating group) is 1. The summed E-state index contributed by atoms with van der Waals surface area (Å²) in [6, 6.07) is 4.18. The lowest BCUT2D eigenvalue weighted by Crippen LogP contribution is -2.32. The molecule has 0 radical (unpaired) electrons. The lowest BCUT2D eigenvalue weighted by molar-refractivity contribution is -0.136. The van der Waals surface area contributed by atoms with Gasteiger partial charge in [-0.3, -0.25) is 14.7 Å². The smallest absolute Gasteiger partial charge is 0.307 e. The zero-order valence-electron chi connectivity index (χ0n) is 13.4. The van der Waals surface area contributed by atoms with Crippen molar-refractivity contribution in [2.75, 3.05) is 13.1 Å². The molecule has 0 unspecified atom stereocenters. The minimum absolute atomic E-state index is 0.0708. The Bertz CT molecular complexity index is 753. The van der Waals surface area contributed by atoms with Crippen molar-refractivity contribution < 1.29 is 9.90 Å². The average molecular weight is 298 g/mol. The quantitative estimate of drug-likeness (QED) is 0.946. The maximum absolute atomic E-state index is 11.4. The third-order valence-corrected chi connectivity index (χ3v) is 4.73. The number of carboxylic acids is 1. The number of aryl methyl sites for hydroxylation is 2. The zero-order chi connectivity index (χ0) is 15.9. The molecule has 1 aliphatic rings. The standard InChI is InChI=1S/C18H22N2O2/c1-4-20-6-5-16-15(10-20)13(9-18(21)22)14-7-11(2)12(3)8-17(14)19-16/h7-8H,4-6,9-10H2,1-3H3,(H,21,22). The molecule has 116 valence electrons. The molecular formula is C18H22N2O2. The monoisotopic (exact) mass is 298 g/mol. The second-order valence-corrected chi connectivity index (χ2v) is 6.16. The number of carboxylic acid groups (broad SMARTS) is 1. The third-order valence-electron chi connectivity index (χ3n) is 4.73. The van der Waals surface area contributed by atoms with Crippen molar-refractivity contribution in [2.24, 2.45) is 0 Å². The molecule has 0 spiro atoms. The summed E-state index contributed by atoms with van der Waals surface area (Å²) < 4.78 is 0. The van der Waals surface area contributed by atoms with Crippen molar-refractivity contribution in [3.05, 3.63) is 40.1 Å². The molecule has 0 fully saturated rings. The van der Waals surface area contributed by atoms with Gasteiger partial charge in [-0.2, -0.15) is 0 Å². The number of hydrogen-bond donors (Lipinski definition) is 1. The molecule has 0 atom stereocenters. The fourth-order valence-corrected chi connectivity index (χ4v) is 3.27. The van der Waals surface area contributed by atoms with Crippen molar-refractivity contribution in [3.63, 3.8) is 0 Å². The molecule has 0 saturated carbocycles. The minimum atomic E-state index is -0.776. The first-order valence-corrected chi connectivity index (χ1v) is 7.85. The summed E-state index contributed by atoms with van der Waals surface area (Å²) in [5.41, 5.74) is 6.48. The molecule has 4 nitrogen and oxygen atoms in total. The van der Waals surface area contributed by atoms with Crippen LogP contribution in [0.25, 0.3) is 10.9 Å². The Kier molecular flexibility index (Phi) is 3.87. The highest BCUT2D eigenvalue weighted by Crippen LogP contribution is 2.30. The Morgan fingerprint density at radius 3 is 2.73 bits per heavy atom. The van der Waals surface area contributed by atoms with E-state index in [4.69, 9.17) is 4.98 Å². The van der Waals surface area contributed by atoms with E-state index in [1.165, 1.54) is 11.1 Å². The van der Waals surface area contributed by atoms with Gasteiger partial charge in [0.25, 0.3) is 0 Å². The number of fused-ring (bicyclic) bond motifs is 2. The molecule has 1 aliphatic heterocycles. The highest BCUT2D eigenvalue weighted by molar-refractivity contribution is 5.88. The molecule has 2 aromatic rings. The number of benzene rings is 1. The molecule has 0 bridgehead atoms. The molecule has 2 heterocycles. The topological polar surface area (TPSA) is 53.4 Å². The molecule has 4 heteroatoms. The number of pyridine rings is 1. The van der Waals surface area contributed by atoms with Gasteiger partial charge in [0.1, 0.15) is 0 Å². The number of hydrogen-bond acceptors (Lipinski definition) is 3. The maximum atomic E-state index is 11.4. The van der Waals surface area contributed by atoms with Crippen molar-refractivity contribution in [1.82, 2.24) is 9.88 Å². The van der Waals surface area contributed by atoms with E-state index < -0.39 is 5.97 Å². The fourth-order valence-electron chi connectivity index (χ4n) is 3.27. The van der Waals surface area contributed by atoms with Gasteiger partial charge in [0, 0.05) is 30.6 Å². The van der Waals surface area contributed by atoms with Crippen LogP contribution in [0.3, 0.4) is 0 Å². The summed E-state index contributed by atoms with van der Waals surface area (Å²) in [5, 5.41) is 10.3. The summed E-state index contributed by atoms with van der Waals surface area (Å²) in [4.78, 5) is 18.6. The molecule has 0 amide bonds. The molecule has 0 aliphatic carbocycles. The molecule has 1 aromatic carbocycles. The van der Waals surface area contributed by atoms with Crippen molar-refractivity contribution in [3.8, 4) is 0 Å². The normalized spacial score (nSPS) is 15.0. The van der Waals surface area contributed by atoms with Crippen LogP contribution in [0.5, 0.6) is 0 Å². The molecule has 22 heavy (non-hydrogen) atoms. The largest absolute Gasteiger partial charge is 0.481 e. The first-order chi connectivity index (χ1) is 10.5. The second-order valence-electron chi connectivity index (χ2n) is 6.16. The van der Waals surface area contributed by atoms with Gasteiger partial charge in [-0.05, 0) is 54.8 Å². The van der Waals surface area contributed by atoms with Gasteiger partial charge >= 0.3 is 5.97 Å². The third kappa shape index (κ3) is 2.59. The zero-order valence-corrected chi connectivity index (χ0v) is 13.4. The Morgan fingerprint density at radius 1 is 1.32 bits per heavy atom. The Labute approximate surface area is 130 Å². The molecule has 1 aromatic heterocycles. The maximum Gasteiger partial charge on any atom is 0.307 e. The Hall–Kier alpha value is -1.94. The van der Waals surface area contributed by atoms with Gasteiger partial charge in [0.05, 0.1) is 11.9 Å². The van der Waals surface area contributed by atoms with E-state index in [2.05, 4.69) is 37.8 Å². The first kappa shape index (κ1) is 15.0. The van der Waals surface area contributed by atoms with Crippen molar-refractivity contribution >= 4 is 16.9 Å². The highest BCUT2D eigenvalue weighted by Gasteiger charge is 2.23. The Balaban J connectivity index is 2.26. The molecule has 0 saturated heterocycles. The number of carbonyl (C=O) groups is 1. The number of aromatic nitrogens is 1. The summed E-state index contributed by atoms with van der Waals surface area (Å²) in [6.07, 6.45) is 0.972. The van der Waals surface area contributed by atoms with Crippen LogP contribution >= 0.6 is 0 Å². The molecular weight excluding hydrogens is 276 g/mol. The number of nitrogens with zero attached hydrogens (tertiary/aromatic N) is 2. The second kappa shape index (κ2) is 5.69. The van der Waals surface area contributed by atoms with Gasteiger partial charge in [0.2, 0.25) is 0 Å². The van der Waals surface area contributed by atoms with Gasteiger partial charge in [0.15, 0.2) is 0 Å². The van der Waals surface area contributed by atoms with Gasteiger partial charge in [-0.1, -0.05) is 6.92 Å². The van der Waals surface area contributed by atoms with E-state index in [0.29, 0.717) is 0 Å². The van der Waals surface area contributed by atoms with E-state index in [0.717, 1.165) is 53.8 Å². The fraction of sp³-hybridized carbons (Fsp3) is 0.444. The van der Waals surface area contributed by atoms with Gasteiger partial charge < -0.3 is 5.11 Å². The van der Waals surface area contributed by atoms with Gasteiger partial charge in [-0.15, -0.1) is 0 Å². The van der Waals surface area contributed by atoms with E-state index >= 15 is 0 Å². The van der Waals surface area contributed by atoms with Crippen molar-refractivity contribution in [2.45, 2.75) is 40.2 Å². The lowest BCUT2D eigenvalue weighted by atomic mass is 9.92. The van der Waals surface area contributed by atoms with Gasteiger partial charge in [-0.25, -0.2) is 0 Å².